The summed E-state index contributed by atoms with van der Waals surface area (Å²) in [6.45, 7) is 3.57. The molecule has 0 N–H and O–H groups in total. The van der Waals surface area contributed by atoms with E-state index in [1.165, 1.54) is 0 Å². The van der Waals surface area contributed by atoms with Crippen LogP contribution in [0.15, 0.2) is 48.5 Å². The van der Waals surface area contributed by atoms with Crippen molar-refractivity contribution in [2.24, 2.45) is 0 Å². The predicted molar refractivity (Wildman–Crippen MR) is 97.9 cm³/mol. The molecule has 2 aromatic carbocycles. The Kier molecular flexibility index (Phi) is 5.67. The van der Waals surface area contributed by atoms with E-state index in [2.05, 4.69) is 4.90 Å². The second-order valence-corrected chi connectivity index (χ2v) is 5.93. The standard InChI is InChI=1S/C19H21NO3S/c1-21-17-8-7-16(19(24)20-9-11-22-12-10-20)13-18(17)23-14-15-5-3-2-4-6-15/h2-8,13H,9-12,14H2,1H3. The van der Waals surface area contributed by atoms with Gasteiger partial charge < -0.3 is 19.1 Å². The molecule has 0 spiro atoms. The summed E-state index contributed by atoms with van der Waals surface area (Å²) >= 11 is 5.63. The SMILES string of the molecule is COc1ccc(C(=S)N2CCOCC2)cc1OCc1ccccc1. The van der Waals surface area contributed by atoms with Gasteiger partial charge in [-0.25, -0.2) is 0 Å². The zero-order valence-electron chi connectivity index (χ0n) is 13.7. The van der Waals surface area contributed by atoms with E-state index in [-0.39, 0.29) is 0 Å². The third kappa shape index (κ3) is 4.04. The quantitative estimate of drug-likeness (QED) is 0.778. The zero-order chi connectivity index (χ0) is 16.8. The van der Waals surface area contributed by atoms with E-state index < -0.39 is 0 Å². The molecular weight excluding hydrogens is 322 g/mol. The minimum atomic E-state index is 0.491. The van der Waals surface area contributed by atoms with Crippen molar-refractivity contribution in [2.45, 2.75) is 6.61 Å². The molecular formula is C19H21NO3S. The monoisotopic (exact) mass is 343 g/mol. The van der Waals surface area contributed by atoms with Crippen LogP contribution < -0.4 is 9.47 Å². The number of nitrogens with zero attached hydrogens (tertiary/aromatic N) is 1. The van der Waals surface area contributed by atoms with E-state index >= 15 is 0 Å². The number of benzene rings is 2. The van der Waals surface area contributed by atoms with Crippen LogP contribution in [-0.4, -0.2) is 43.3 Å². The fourth-order valence-electron chi connectivity index (χ4n) is 2.61. The highest BCUT2D eigenvalue weighted by Gasteiger charge is 2.17. The average Bonchev–Trinajstić information content (AvgIpc) is 2.67. The van der Waals surface area contributed by atoms with Gasteiger partial charge in [0, 0.05) is 18.7 Å². The summed E-state index contributed by atoms with van der Waals surface area (Å²) in [6, 6.07) is 15.9. The number of rotatable bonds is 5. The number of hydrogen-bond acceptors (Lipinski definition) is 4. The molecule has 1 aliphatic heterocycles. The summed E-state index contributed by atoms with van der Waals surface area (Å²) in [6.07, 6.45) is 0. The number of hydrogen-bond donors (Lipinski definition) is 0. The molecule has 0 amide bonds. The largest absolute Gasteiger partial charge is 0.493 e. The van der Waals surface area contributed by atoms with Crippen LogP contribution in [0.1, 0.15) is 11.1 Å². The van der Waals surface area contributed by atoms with Crippen LogP contribution >= 0.6 is 12.2 Å². The summed E-state index contributed by atoms with van der Waals surface area (Å²) < 4.78 is 16.8. The van der Waals surface area contributed by atoms with Crippen molar-refractivity contribution in [1.29, 1.82) is 0 Å². The number of morpholine rings is 1. The average molecular weight is 343 g/mol. The topological polar surface area (TPSA) is 30.9 Å². The molecule has 24 heavy (non-hydrogen) atoms. The van der Waals surface area contributed by atoms with Crippen LogP contribution in [0.2, 0.25) is 0 Å². The zero-order valence-corrected chi connectivity index (χ0v) is 14.6. The molecule has 0 bridgehead atoms. The minimum absolute atomic E-state index is 0.491. The van der Waals surface area contributed by atoms with Crippen molar-refractivity contribution in [1.82, 2.24) is 4.90 Å². The van der Waals surface area contributed by atoms with E-state index in [0.29, 0.717) is 31.3 Å². The Morgan fingerprint density at radius 1 is 1.08 bits per heavy atom. The molecule has 0 saturated carbocycles. The van der Waals surface area contributed by atoms with Gasteiger partial charge in [-0.2, -0.15) is 0 Å². The second-order valence-electron chi connectivity index (χ2n) is 5.54. The van der Waals surface area contributed by atoms with Crippen LogP contribution in [-0.2, 0) is 11.3 Å². The number of ether oxygens (including phenoxy) is 3. The first-order chi connectivity index (χ1) is 11.8. The lowest BCUT2D eigenvalue weighted by Crippen LogP contribution is -2.40. The molecule has 0 atom stereocenters. The third-order valence-corrected chi connectivity index (χ3v) is 4.44. The summed E-state index contributed by atoms with van der Waals surface area (Å²) in [7, 11) is 1.64. The molecule has 1 heterocycles. The Bertz CT molecular complexity index is 684. The van der Waals surface area contributed by atoms with Gasteiger partial charge in [-0.05, 0) is 23.8 Å². The highest BCUT2D eigenvalue weighted by molar-refractivity contribution is 7.80. The molecule has 5 heteroatoms. The Morgan fingerprint density at radius 2 is 1.83 bits per heavy atom. The van der Waals surface area contributed by atoms with Crippen molar-refractivity contribution in [3.05, 3.63) is 59.7 Å². The summed E-state index contributed by atoms with van der Waals surface area (Å²) in [4.78, 5) is 2.99. The maximum Gasteiger partial charge on any atom is 0.162 e. The number of methoxy groups -OCH3 is 1. The molecule has 0 unspecified atom stereocenters. The number of thiocarbonyl (C=S) groups is 1. The van der Waals surface area contributed by atoms with Gasteiger partial charge in [0.1, 0.15) is 11.6 Å². The van der Waals surface area contributed by atoms with Gasteiger partial charge in [0.05, 0.1) is 20.3 Å². The van der Waals surface area contributed by atoms with Gasteiger partial charge in [-0.3, -0.25) is 0 Å². The second kappa shape index (κ2) is 8.13. The van der Waals surface area contributed by atoms with Crippen LogP contribution in [0.3, 0.4) is 0 Å². The molecule has 0 aromatic heterocycles. The first-order valence-electron chi connectivity index (χ1n) is 7.99. The summed E-state index contributed by atoms with van der Waals surface area (Å²) in [5.74, 6) is 1.41. The van der Waals surface area contributed by atoms with E-state index in [9.17, 15) is 0 Å². The third-order valence-electron chi connectivity index (χ3n) is 3.95. The Balaban J connectivity index is 1.75. The van der Waals surface area contributed by atoms with E-state index in [4.69, 9.17) is 26.4 Å². The molecule has 4 nitrogen and oxygen atoms in total. The van der Waals surface area contributed by atoms with Gasteiger partial charge in [-0.1, -0.05) is 42.5 Å². The van der Waals surface area contributed by atoms with Crippen LogP contribution in [0.4, 0.5) is 0 Å². The lowest BCUT2D eigenvalue weighted by Gasteiger charge is -2.29. The molecule has 2 aromatic rings. The fraction of sp³-hybridized carbons (Fsp3) is 0.316. The molecule has 1 aliphatic rings. The predicted octanol–water partition coefficient (Wildman–Crippen LogP) is 3.28. The van der Waals surface area contributed by atoms with Gasteiger partial charge >= 0.3 is 0 Å². The van der Waals surface area contributed by atoms with Crippen LogP contribution in [0.5, 0.6) is 11.5 Å². The Morgan fingerprint density at radius 3 is 2.54 bits per heavy atom. The first kappa shape index (κ1) is 16.7. The molecule has 0 aliphatic carbocycles. The molecule has 1 saturated heterocycles. The van der Waals surface area contributed by atoms with Gasteiger partial charge in [0.25, 0.3) is 0 Å². The first-order valence-corrected chi connectivity index (χ1v) is 8.40. The van der Waals surface area contributed by atoms with Crippen molar-refractivity contribution in [3.63, 3.8) is 0 Å². The maximum absolute atomic E-state index is 5.96. The van der Waals surface area contributed by atoms with Crippen molar-refractivity contribution >= 4 is 17.2 Å². The van der Waals surface area contributed by atoms with E-state index in [0.717, 1.165) is 29.2 Å². The Labute approximate surface area is 147 Å². The van der Waals surface area contributed by atoms with Gasteiger partial charge in [0.2, 0.25) is 0 Å². The summed E-state index contributed by atoms with van der Waals surface area (Å²) in [5.41, 5.74) is 2.08. The van der Waals surface area contributed by atoms with Crippen molar-refractivity contribution in [3.8, 4) is 11.5 Å². The van der Waals surface area contributed by atoms with Crippen LogP contribution in [0, 0.1) is 0 Å². The molecule has 3 rings (SSSR count). The fourth-order valence-corrected chi connectivity index (χ4v) is 2.92. The Hall–Kier alpha value is -2.11. The van der Waals surface area contributed by atoms with Gasteiger partial charge in [-0.15, -0.1) is 0 Å². The van der Waals surface area contributed by atoms with Gasteiger partial charge in [0.15, 0.2) is 11.5 Å². The maximum atomic E-state index is 5.96. The molecule has 0 radical (unpaired) electrons. The normalized spacial score (nSPS) is 14.3. The van der Waals surface area contributed by atoms with E-state index in [1.54, 1.807) is 7.11 Å². The lowest BCUT2D eigenvalue weighted by molar-refractivity contribution is 0.0693. The lowest BCUT2D eigenvalue weighted by atomic mass is 10.1. The summed E-state index contributed by atoms with van der Waals surface area (Å²) in [5, 5.41) is 0. The van der Waals surface area contributed by atoms with E-state index in [1.807, 2.05) is 48.5 Å². The van der Waals surface area contributed by atoms with Crippen molar-refractivity contribution < 1.29 is 14.2 Å². The molecule has 1 fully saturated rings. The molecule has 126 valence electrons. The highest BCUT2D eigenvalue weighted by atomic mass is 32.1. The van der Waals surface area contributed by atoms with Crippen LogP contribution in [0.25, 0.3) is 0 Å². The smallest absolute Gasteiger partial charge is 0.162 e. The minimum Gasteiger partial charge on any atom is -0.493 e. The highest BCUT2D eigenvalue weighted by Crippen LogP contribution is 2.29. The van der Waals surface area contributed by atoms with Crippen molar-refractivity contribution in [2.75, 3.05) is 33.4 Å².